The normalized spacial score (nSPS) is 17.8. The number of aromatic nitrogens is 2. The molecule has 0 amide bonds. The summed E-state index contributed by atoms with van der Waals surface area (Å²) in [5, 5.41) is 7.73. The third kappa shape index (κ3) is 1.14. The van der Waals surface area contributed by atoms with Gasteiger partial charge in [0.15, 0.2) is 0 Å². The van der Waals surface area contributed by atoms with E-state index in [9.17, 15) is 0 Å². The van der Waals surface area contributed by atoms with Gasteiger partial charge in [0.2, 0.25) is 0 Å². The zero-order chi connectivity index (χ0) is 8.55. The maximum atomic E-state index is 4.48. The molecule has 1 aliphatic rings. The van der Waals surface area contributed by atoms with Gasteiger partial charge in [-0.25, -0.2) is 0 Å². The quantitative estimate of drug-likeness (QED) is 0.705. The predicted octanol–water partition coefficient (Wildman–Crippen LogP) is 0.898. The Balaban J connectivity index is 2.21. The molecular weight excluding hydrogens is 150 g/mol. The number of aryl methyl sites for hydroxylation is 2. The van der Waals surface area contributed by atoms with Gasteiger partial charge in [-0.15, -0.1) is 0 Å². The Labute approximate surface area is 72.8 Å². The molecule has 1 saturated heterocycles. The highest BCUT2D eigenvalue weighted by Gasteiger charge is 2.19. The molecule has 0 radical (unpaired) electrons. The van der Waals surface area contributed by atoms with Crippen molar-refractivity contribution in [1.82, 2.24) is 15.1 Å². The van der Waals surface area contributed by atoms with Crippen LogP contribution in [0, 0.1) is 6.92 Å². The van der Waals surface area contributed by atoms with Gasteiger partial charge in [0.25, 0.3) is 0 Å². The molecule has 1 aromatic heterocycles. The Bertz CT molecular complexity index is 273. The third-order valence-electron chi connectivity index (χ3n) is 2.53. The molecule has 2 rings (SSSR count). The fourth-order valence-electron chi connectivity index (χ4n) is 1.51. The van der Waals surface area contributed by atoms with Crippen LogP contribution in [0.3, 0.4) is 0 Å². The van der Waals surface area contributed by atoms with Crippen LogP contribution in [-0.4, -0.2) is 22.9 Å². The molecule has 0 aliphatic carbocycles. The molecule has 66 valence electrons. The lowest BCUT2D eigenvalue weighted by atomic mass is 10.2. The van der Waals surface area contributed by atoms with E-state index in [2.05, 4.69) is 35.1 Å². The fourth-order valence-corrected chi connectivity index (χ4v) is 1.51. The van der Waals surface area contributed by atoms with E-state index in [-0.39, 0.29) is 0 Å². The molecule has 3 nitrogen and oxygen atoms in total. The van der Waals surface area contributed by atoms with Gasteiger partial charge in [0, 0.05) is 19.3 Å². The fraction of sp³-hybridized carbons (Fsp3) is 0.667. The number of hydrogen-bond acceptors (Lipinski definition) is 2. The Morgan fingerprint density at radius 2 is 2.42 bits per heavy atom. The average Bonchev–Trinajstić information content (AvgIpc) is 2.27. The standard InChI is InChI=1S/C9H15N3/c1-3-8-6-12(11-7(8)2)9-4-10-5-9/h6,9-10H,3-5H2,1-2H3. The number of rotatable bonds is 2. The summed E-state index contributed by atoms with van der Waals surface area (Å²) in [6.45, 7) is 6.41. The first-order valence-corrected chi connectivity index (χ1v) is 4.56. The van der Waals surface area contributed by atoms with Gasteiger partial charge in [-0.3, -0.25) is 4.68 Å². The molecule has 12 heavy (non-hydrogen) atoms. The summed E-state index contributed by atoms with van der Waals surface area (Å²) in [7, 11) is 0. The minimum atomic E-state index is 0.601. The number of nitrogens with one attached hydrogen (secondary N) is 1. The van der Waals surface area contributed by atoms with Gasteiger partial charge in [0.1, 0.15) is 0 Å². The van der Waals surface area contributed by atoms with Crippen molar-refractivity contribution < 1.29 is 0 Å². The van der Waals surface area contributed by atoms with E-state index in [1.165, 1.54) is 11.3 Å². The first kappa shape index (κ1) is 7.80. The van der Waals surface area contributed by atoms with E-state index < -0.39 is 0 Å². The summed E-state index contributed by atoms with van der Waals surface area (Å²) in [5.74, 6) is 0. The van der Waals surface area contributed by atoms with Crippen molar-refractivity contribution in [2.75, 3.05) is 13.1 Å². The van der Waals surface area contributed by atoms with Crippen LogP contribution >= 0.6 is 0 Å². The van der Waals surface area contributed by atoms with Crippen LogP contribution in [0.25, 0.3) is 0 Å². The lowest BCUT2D eigenvalue weighted by molar-refractivity contribution is 0.317. The van der Waals surface area contributed by atoms with E-state index >= 15 is 0 Å². The van der Waals surface area contributed by atoms with Crippen molar-refractivity contribution in [3.05, 3.63) is 17.5 Å². The van der Waals surface area contributed by atoms with E-state index in [0.29, 0.717) is 6.04 Å². The summed E-state index contributed by atoms with van der Waals surface area (Å²) < 4.78 is 2.10. The third-order valence-corrected chi connectivity index (χ3v) is 2.53. The maximum Gasteiger partial charge on any atom is 0.0767 e. The molecule has 1 aromatic rings. The van der Waals surface area contributed by atoms with Gasteiger partial charge < -0.3 is 5.32 Å². The largest absolute Gasteiger partial charge is 0.312 e. The Morgan fingerprint density at radius 1 is 1.67 bits per heavy atom. The lowest BCUT2D eigenvalue weighted by Crippen LogP contribution is -2.43. The predicted molar refractivity (Wildman–Crippen MR) is 48.2 cm³/mol. The Hall–Kier alpha value is -0.830. The van der Waals surface area contributed by atoms with Crippen molar-refractivity contribution >= 4 is 0 Å². The van der Waals surface area contributed by atoms with E-state index in [4.69, 9.17) is 0 Å². The van der Waals surface area contributed by atoms with Crippen LogP contribution in [0.2, 0.25) is 0 Å². The summed E-state index contributed by atoms with van der Waals surface area (Å²) in [6, 6.07) is 0.601. The molecule has 0 spiro atoms. The van der Waals surface area contributed by atoms with E-state index in [0.717, 1.165) is 19.5 Å². The van der Waals surface area contributed by atoms with Crippen molar-refractivity contribution in [1.29, 1.82) is 0 Å². The van der Waals surface area contributed by atoms with Gasteiger partial charge in [0.05, 0.1) is 11.7 Å². The highest BCUT2D eigenvalue weighted by Crippen LogP contribution is 2.14. The van der Waals surface area contributed by atoms with Gasteiger partial charge in [-0.05, 0) is 18.9 Å². The Morgan fingerprint density at radius 3 is 2.83 bits per heavy atom. The van der Waals surface area contributed by atoms with Crippen LogP contribution in [0.5, 0.6) is 0 Å². The van der Waals surface area contributed by atoms with Gasteiger partial charge in [-0.2, -0.15) is 5.10 Å². The van der Waals surface area contributed by atoms with Crippen LogP contribution in [0.4, 0.5) is 0 Å². The highest BCUT2D eigenvalue weighted by molar-refractivity contribution is 5.15. The monoisotopic (exact) mass is 165 g/mol. The molecule has 3 heteroatoms. The lowest BCUT2D eigenvalue weighted by Gasteiger charge is -2.27. The average molecular weight is 165 g/mol. The molecule has 1 aliphatic heterocycles. The SMILES string of the molecule is CCc1cn(C2CNC2)nc1C. The second-order valence-corrected chi connectivity index (χ2v) is 3.39. The maximum absolute atomic E-state index is 4.48. The zero-order valence-corrected chi connectivity index (χ0v) is 7.67. The van der Waals surface area contributed by atoms with E-state index in [1.54, 1.807) is 0 Å². The minimum Gasteiger partial charge on any atom is -0.312 e. The van der Waals surface area contributed by atoms with Gasteiger partial charge >= 0.3 is 0 Å². The van der Waals surface area contributed by atoms with Crippen molar-refractivity contribution in [2.45, 2.75) is 26.3 Å². The van der Waals surface area contributed by atoms with Crippen molar-refractivity contribution in [2.24, 2.45) is 0 Å². The van der Waals surface area contributed by atoms with Crippen molar-refractivity contribution in [3.8, 4) is 0 Å². The zero-order valence-electron chi connectivity index (χ0n) is 7.67. The minimum absolute atomic E-state index is 0.601. The summed E-state index contributed by atoms with van der Waals surface area (Å²) in [5.41, 5.74) is 2.56. The van der Waals surface area contributed by atoms with Crippen LogP contribution in [-0.2, 0) is 6.42 Å². The second-order valence-electron chi connectivity index (χ2n) is 3.39. The van der Waals surface area contributed by atoms with Crippen molar-refractivity contribution in [3.63, 3.8) is 0 Å². The van der Waals surface area contributed by atoms with Gasteiger partial charge in [-0.1, -0.05) is 6.92 Å². The number of hydrogen-bond donors (Lipinski definition) is 1. The molecule has 0 bridgehead atoms. The summed E-state index contributed by atoms with van der Waals surface area (Å²) >= 11 is 0. The van der Waals surface area contributed by atoms with E-state index in [1.807, 2.05) is 0 Å². The molecule has 2 heterocycles. The van der Waals surface area contributed by atoms with Crippen LogP contribution in [0.15, 0.2) is 6.20 Å². The number of nitrogens with zero attached hydrogens (tertiary/aromatic N) is 2. The summed E-state index contributed by atoms with van der Waals surface area (Å²) in [6.07, 6.45) is 3.27. The molecular formula is C9H15N3. The van der Waals surface area contributed by atoms with Crippen LogP contribution in [0.1, 0.15) is 24.2 Å². The molecule has 0 aromatic carbocycles. The topological polar surface area (TPSA) is 29.9 Å². The first-order chi connectivity index (χ1) is 5.81. The molecule has 1 N–H and O–H groups in total. The molecule has 0 unspecified atom stereocenters. The molecule has 1 fully saturated rings. The second kappa shape index (κ2) is 2.90. The summed E-state index contributed by atoms with van der Waals surface area (Å²) in [4.78, 5) is 0. The molecule has 0 saturated carbocycles. The van der Waals surface area contributed by atoms with Crippen LogP contribution < -0.4 is 5.32 Å². The first-order valence-electron chi connectivity index (χ1n) is 4.56. The smallest absolute Gasteiger partial charge is 0.0767 e. The highest BCUT2D eigenvalue weighted by atomic mass is 15.3. The molecule has 0 atom stereocenters. The Kier molecular flexibility index (Phi) is 1.89.